The van der Waals surface area contributed by atoms with Crippen LogP contribution in [0.3, 0.4) is 0 Å². The Hall–Kier alpha value is -1.86. The first-order valence-corrected chi connectivity index (χ1v) is 8.13. The highest BCUT2D eigenvalue weighted by Gasteiger charge is 2.11. The van der Waals surface area contributed by atoms with Gasteiger partial charge in [-0.05, 0) is 46.6 Å². The van der Waals surface area contributed by atoms with Gasteiger partial charge in [-0.25, -0.2) is 0 Å². The molecule has 0 aliphatic carbocycles. The van der Waals surface area contributed by atoms with Crippen molar-refractivity contribution in [3.05, 3.63) is 44.6 Å². The maximum absolute atomic E-state index is 11.9. The van der Waals surface area contributed by atoms with E-state index < -0.39 is 0 Å². The van der Waals surface area contributed by atoms with Gasteiger partial charge in [-0.1, -0.05) is 6.07 Å². The third-order valence-electron chi connectivity index (χ3n) is 2.87. The molecule has 2 amide bonds. The quantitative estimate of drug-likeness (QED) is 0.834. The molecule has 0 bridgehead atoms. The number of rotatable bonds is 5. The SMILES string of the molecule is COc1ccc(C)cc1NC(=O)CNC(=O)c1csc(Br)c1. The second-order valence-corrected chi connectivity index (χ2v) is 6.86. The number of nitrogens with one attached hydrogen (secondary N) is 2. The molecule has 0 spiro atoms. The highest BCUT2D eigenvalue weighted by atomic mass is 79.9. The van der Waals surface area contributed by atoms with Crippen molar-refractivity contribution in [2.45, 2.75) is 6.92 Å². The first-order valence-electron chi connectivity index (χ1n) is 6.46. The lowest BCUT2D eigenvalue weighted by Crippen LogP contribution is -2.32. The molecule has 0 aliphatic rings. The second-order valence-electron chi connectivity index (χ2n) is 4.57. The number of anilines is 1. The molecule has 1 aromatic carbocycles. The van der Waals surface area contributed by atoms with E-state index in [2.05, 4.69) is 26.6 Å². The highest BCUT2D eigenvalue weighted by Crippen LogP contribution is 2.25. The number of carbonyl (C=O) groups excluding carboxylic acids is 2. The number of amides is 2. The van der Waals surface area contributed by atoms with E-state index in [4.69, 9.17) is 4.74 Å². The fraction of sp³-hybridized carbons (Fsp3) is 0.200. The summed E-state index contributed by atoms with van der Waals surface area (Å²) in [6.07, 6.45) is 0. The van der Waals surface area contributed by atoms with Crippen LogP contribution in [-0.2, 0) is 4.79 Å². The molecule has 0 atom stereocenters. The van der Waals surface area contributed by atoms with Crippen molar-refractivity contribution in [2.24, 2.45) is 0 Å². The van der Waals surface area contributed by atoms with Gasteiger partial charge in [0.2, 0.25) is 5.91 Å². The Morgan fingerprint density at radius 3 is 2.73 bits per heavy atom. The van der Waals surface area contributed by atoms with Crippen LogP contribution in [0.4, 0.5) is 5.69 Å². The summed E-state index contributed by atoms with van der Waals surface area (Å²) in [5, 5.41) is 7.03. The Labute approximate surface area is 140 Å². The summed E-state index contributed by atoms with van der Waals surface area (Å²) < 4.78 is 6.06. The maximum Gasteiger partial charge on any atom is 0.252 e. The lowest BCUT2D eigenvalue weighted by Gasteiger charge is -2.11. The average Bonchev–Trinajstić information content (AvgIpc) is 2.92. The van der Waals surface area contributed by atoms with Gasteiger partial charge in [-0.15, -0.1) is 11.3 Å². The number of methoxy groups -OCH3 is 1. The monoisotopic (exact) mass is 382 g/mol. The van der Waals surface area contributed by atoms with Gasteiger partial charge < -0.3 is 15.4 Å². The summed E-state index contributed by atoms with van der Waals surface area (Å²) in [6.45, 7) is 1.81. The number of halogens is 1. The molecule has 0 unspecified atom stereocenters. The van der Waals surface area contributed by atoms with E-state index in [1.165, 1.54) is 18.4 Å². The Kier molecular flexibility index (Phi) is 5.57. The van der Waals surface area contributed by atoms with Crippen LogP contribution in [0.2, 0.25) is 0 Å². The van der Waals surface area contributed by atoms with E-state index in [1.54, 1.807) is 17.5 Å². The molecule has 0 saturated carbocycles. The van der Waals surface area contributed by atoms with Crippen LogP contribution in [-0.4, -0.2) is 25.5 Å². The van der Waals surface area contributed by atoms with Crippen LogP contribution in [0, 0.1) is 6.92 Å². The van der Waals surface area contributed by atoms with Crippen LogP contribution in [0.1, 0.15) is 15.9 Å². The minimum absolute atomic E-state index is 0.108. The summed E-state index contributed by atoms with van der Waals surface area (Å²) in [7, 11) is 1.54. The van der Waals surface area contributed by atoms with E-state index in [1.807, 2.05) is 19.1 Å². The molecule has 116 valence electrons. The number of thiophene rings is 1. The first kappa shape index (κ1) is 16.5. The lowest BCUT2D eigenvalue weighted by molar-refractivity contribution is -0.115. The van der Waals surface area contributed by atoms with Gasteiger partial charge in [0.1, 0.15) is 5.75 Å². The topological polar surface area (TPSA) is 67.4 Å². The summed E-state index contributed by atoms with van der Waals surface area (Å²) in [6, 6.07) is 7.20. The molecule has 0 radical (unpaired) electrons. The highest BCUT2D eigenvalue weighted by molar-refractivity contribution is 9.11. The Morgan fingerprint density at radius 1 is 1.32 bits per heavy atom. The van der Waals surface area contributed by atoms with Crippen molar-refractivity contribution < 1.29 is 14.3 Å². The van der Waals surface area contributed by atoms with Crippen LogP contribution in [0.25, 0.3) is 0 Å². The van der Waals surface area contributed by atoms with Gasteiger partial charge in [-0.3, -0.25) is 9.59 Å². The maximum atomic E-state index is 11.9. The van der Waals surface area contributed by atoms with Crippen molar-refractivity contribution >= 4 is 44.8 Å². The van der Waals surface area contributed by atoms with Crippen LogP contribution < -0.4 is 15.4 Å². The largest absolute Gasteiger partial charge is 0.495 e. The van der Waals surface area contributed by atoms with E-state index in [0.29, 0.717) is 17.0 Å². The summed E-state index contributed by atoms with van der Waals surface area (Å²) in [5.74, 6) is -0.0214. The van der Waals surface area contributed by atoms with Crippen molar-refractivity contribution in [3.8, 4) is 5.75 Å². The molecule has 2 rings (SSSR count). The Morgan fingerprint density at radius 2 is 2.09 bits per heavy atom. The summed E-state index contributed by atoms with van der Waals surface area (Å²) in [4.78, 5) is 23.8. The van der Waals surface area contributed by atoms with Crippen molar-refractivity contribution in [1.82, 2.24) is 5.32 Å². The number of hydrogen-bond acceptors (Lipinski definition) is 4. The van der Waals surface area contributed by atoms with Crippen molar-refractivity contribution in [2.75, 3.05) is 19.0 Å². The van der Waals surface area contributed by atoms with Gasteiger partial charge in [0.05, 0.1) is 28.7 Å². The zero-order valence-electron chi connectivity index (χ0n) is 12.1. The summed E-state index contributed by atoms with van der Waals surface area (Å²) >= 11 is 4.71. The molecule has 2 aromatic rings. The molecular formula is C15H15BrN2O3S. The molecule has 5 nitrogen and oxygen atoms in total. The van der Waals surface area contributed by atoms with Crippen LogP contribution in [0.15, 0.2) is 33.4 Å². The van der Waals surface area contributed by atoms with Gasteiger partial charge in [0.15, 0.2) is 0 Å². The standard InChI is InChI=1S/C15H15BrN2O3S/c1-9-3-4-12(21-2)11(5-9)18-14(19)7-17-15(20)10-6-13(16)22-8-10/h3-6,8H,7H2,1-2H3,(H,17,20)(H,18,19). The number of carbonyl (C=O) groups is 2. The number of benzene rings is 1. The normalized spacial score (nSPS) is 10.1. The first-order chi connectivity index (χ1) is 10.5. The van der Waals surface area contributed by atoms with E-state index >= 15 is 0 Å². The predicted molar refractivity (Wildman–Crippen MR) is 90.7 cm³/mol. The average molecular weight is 383 g/mol. The predicted octanol–water partition coefficient (Wildman–Crippen LogP) is 3.20. The minimum atomic E-state index is -0.313. The molecular weight excluding hydrogens is 368 g/mol. The fourth-order valence-electron chi connectivity index (χ4n) is 1.81. The summed E-state index contributed by atoms with van der Waals surface area (Å²) in [5.41, 5.74) is 2.11. The number of ether oxygens (including phenoxy) is 1. The molecule has 1 heterocycles. The lowest BCUT2D eigenvalue weighted by atomic mass is 10.2. The zero-order valence-corrected chi connectivity index (χ0v) is 14.5. The number of hydrogen-bond donors (Lipinski definition) is 2. The molecule has 0 saturated heterocycles. The molecule has 0 fully saturated rings. The molecule has 2 N–H and O–H groups in total. The van der Waals surface area contributed by atoms with E-state index in [9.17, 15) is 9.59 Å². The molecule has 0 aliphatic heterocycles. The fourth-order valence-corrected chi connectivity index (χ4v) is 2.94. The number of aryl methyl sites for hydroxylation is 1. The third kappa shape index (κ3) is 4.32. The Bertz CT molecular complexity index is 700. The smallest absolute Gasteiger partial charge is 0.252 e. The van der Waals surface area contributed by atoms with Gasteiger partial charge >= 0.3 is 0 Å². The Balaban J connectivity index is 1.93. The van der Waals surface area contributed by atoms with Crippen LogP contribution >= 0.6 is 27.3 Å². The second kappa shape index (κ2) is 7.42. The van der Waals surface area contributed by atoms with Gasteiger partial charge in [0.25, 0.3) is 5.91 Å². The third-order valence-corrected chi connectivity index (χ3v) is 4.37. The molecule has 22 heavy (non-hydrogen) atoms. The van der Waals surface area contributed by atoms with E-state index in [0.717, 1.165) is 9.35 Å². The van der Waals surface area contributed by atoms with E-state index in [-0.39, 0.29) is 18.4 Å². The van der Waals surface area contributed by atoms with Gasteiger partial charge in [0, 0.05) is 5.38 Å². The molecule has 1 aromatic heterocycles. The molecule has 7 heteroatoms. The van der Waals surface area contributed by atoms with Crippen molar-refractivity contribution in [1.29, 1.82) is 0 Å². The van der Waals surface area contributed by atoms with Crippen LogP contribution in [0.5, 0.6) is 5.75 Å². The van der Waals surface area contributed by atoms with Gasteiger partial charge in [-0.2, -0.15) is 0 Å². The van der Waals surface area contributed by atoms with Crippen molar-refractivity contribution in [3.63, 3.8) is 0 Å². The zero-order chi connectivity index (χ0) is 16.1. The minimum Gasteiger partial charge on any atom is -0.495 e.